The normalized spacial score (nSPS) is 14.6. The van der Waals surface area contributed by atoms with Crippen LogP contribution in [0, 0.1) is 11.8 Å². The number of ether oxygens (including phenoxy) is 1. The molecule has 21 heteroatoms. The molecule has 3 aromatic rings. The molecule has 422 valence electrons. The number of hydrogen-bond acceptors (Lipinski definition) is 14. The van der Waals surface area contributed by atoms with E-state index >= 15 is 0 Å². The van der Waals surface area contributed by atoms with Gasteiger partial charge in [-0.3, -0.25) is 43.4 Å². The Morgan fingerprint density at radius 3 is 2.29 bits per heavy atom. The third kappa shape index (κ3) is 17.2. The number of Topliss-reactive ketones (excluding diaryl/α,β-unsaturated/α-hetero) is 2. The number of imide groups is 1. The first kappa shape index (κ1) is 60.2. The van der Waals surface area contributed by atoms with Crippen molar-refractivity contribution < 1.29 is 53.0 Å². The molecule has 0 fully saturated rings. The van der Waals surface area contributed by atoms with Gasteiger partial charge in [0.2, 0.25) is 11.8 Å². The number of benzene rings is 2. The molecule has 0 saturated carbocycles. The molecule has 0 saturated heterocycles. The highest BCUT2D eigenvalue weighted by Gasteiger charge is 2.31. The van der Waals surface area contributed by atoms with Crippen molar-refractivity contribution in [3.05, 3.63) is 105 Å². The zero-order valence-electron chi connectivity index (χ0n) is 45.6. The summed E-state index contributed by atoms with van der Waals surface area (Å²) in [5.74, 6) is -2.86. The minimum absolute atomic E-state index is 0.0161. The summed E-state index contributed by atoms with van der Waals surface area (Å²) < 4.78 is 5.70. The number of fused-ring (bicyclic) bond motifs is 2. The molecule has 0 bridgehead atoms. The fourth-order valence-electron chi connectivity index (χ4n) is 9.70. The number of unbranched alkanes of at least 4 members (excludes halogenated alkanes) is 2. The van der Waals surface area contributed by atoms with Crippen LogP contribution in [-0.4, -0.2) is 123 Å². The number of ketones is 2. The number of urea groups is 1. The molecule has 2 aromatic carbocycles. The zero-order valence-corrected chi connectivity index (χ0v) is 45.6. The van der Waals surface area contributed by atoms with E-state index in [1.54, 1.807) is 53.4 Å². The number of anilines is 1. The van der Waals surface area contributed by atoms with Gasteiger partial charge in [0.1, 0.15) is 18.2 Å². The van der Waals surface area contributed by atoms with Gasteiger partial charge in [-0.05, 0) is 91.0 Å². The third-order valence-electron chi connectivity index (χ3n) is 14.0. The lowest BCUT2D eigenvalue weighted by Gasteiger charge is -2.28. The molecule has 6 rings (SSSR count). The van der Waals surface area contributed by atoms with Gasteiger partial charge in [0.25, 0.3) is 17.7 Å². The molecule has 3 aliphatic heterocycles. The summed E-state index contributed by atoms with van der Waals surface area (Å²) in [6.45, 7) is 9.35. The van der Waals surface area contributed by atoms with Crippen molar-refractivity contribution >= 4 is 76.5 Å². The molecule has 0 radical (unpaired) electrons. The summed E-state index contributed by atoms with van der Waals surface area (Å²) in [6.07, 6.45) is 9.78. The number of aliphatic imine (C=N–C) groups is 1. The highest BCUT2D eigenvalue weighted by atomic mass is 16.6. The van der Waals surface area contributed by atoms with Gasteiger partial charge in [-0.25, -0.2) is 14.6 Å². The molecule has 8 amide bonds. The Bertz CT molecular complexity index is 2840. The number of amides is 8. The number of primary amides is 1. The number of nitrogens with one attached hydrogen (secondary N) is 3. The Balaban J connectivity index is 1.01. The highest BCUT2D eigenvalue weighted by molar-refractivity contribution is 6.13. The number of amidine groups is 1. The van der Waals surface area contributed by atoms with E-state index in [2.05, 4.69) is 25.9 Å². The Morgan fingerprint density at radius 1 is 0.911 bits per heavy atom. The topological polar surface area (TPSA) is 306 Å². The minimum atomic E-state index is -0.922. The first-order chi connectivity index (χ1) is 37.9. The fraction of sp³-hybridized carbons (Fsp3) is 0.466. The average Bonchev–Trinajstić information content (AvgIpc) is 3.66. The van der Waals surface area contributed by atoms with Crippen LogP contribution in [0.1, 0.15) is 136 Å². The van der Waals surface area contributed by atoms with Crippen LogP contribution < -0.4 is 27.4 Å². The molecule has 0 aliphatic carbocycles. The summed E-state index contributed by atoms with van der Waals surface area (Å²) in [6, 6.07) is 10.3. The number of nitrogens with two attached hydrogens (primary N) is 2. The van der Waals surface area contributed by atoms with Crippen LogP contribution in [0.2, 0.25) is 0 Å². The first-order valence-corrected chi connectivity index (χ1v) is 27.2. The molecule has 79 heavy (non-hydrogen) atoms. The number of hydrogen-bond donors (Lipinski definition) is 6. The van der Waals surface area contributed by atoms with Gasteiger partial charge in [-0.1, -0.05) is 58.4 Å². The van der Waals surface area contributed by atoms with Crippen molar-refractivity contribution in [2.45, 2.75) is 131 Å². The maximum absolute atomic E-state index is 13.8. The molecule has 0 unspecified atom stereocenters. The van der Waals surface area contributed by atoms with E-state index in [0.717, 1.165) is 23.4 Å². The Morgan fingerprint density at radius 2 is 1.62 bits per heavy atom. The summed E-state index contributed by atoms with van der Waals surface area (Å²) >= 11 is 0. The molecule has 0 spiro atoms. The van der Waals surface area contributed by atoms with Crippen molar-refractivity contribution in [1.29, 1.82) is 0 Å². The lowest BCUT2D eigenvalue weighted by Crippen LogP contribution is -2.46. The molecule has 4 heterocycles. The summed E-state index contributed by atoms with van der Waals surface area (Å²) in [5.41, 5.74) is 16.6. The van der Waals surface area contributed by atoms with Crippen molar-refractivity contribution in [2.75, 3.05) is 38.0 Å². The third-order valence-corrected chi connectivity index (χ3v) is 14.0. The van der Waals surface area contributed by atoms with Crippen molar-refractivity contribution in [3.63, 3.8) is 0 Å². The van der Waals surface area contributed by atoms with E-state index in [0.29, 0.717) is 96.5 Å². The van der Waals surface area contributed by atoms with Crippen LogP contribution in [0.3, 0.4) is 0 Å². The Hall–Kier alpha value is -8.07. The second kappa shape index (κ2) is 29.1. The number of carbonyl (C=O) groups excluding carboxylic acids is 9. The van der Waals surface area contributed by atoms with Crippen LogP contribution in [0.25, 0.3) is 6.08 Å². The van der Waals surface area contributed by atoms with E-state index in [9.17, 15) is 48.3 Å². The average molecular weight is 1090 g/mol. The van der Waals surface area contributed by atoms with Crippen LogP contribution in [0.15, 0.2) is 71.4 Å². The second-order valence-corrected chi connectivity index (χ2v) is 20.5. The molecule has 2 atom stereocenters. The van der Waals surface area contributed by atoms with Crippen LogP contribution in [-0.2, 0) is 66.1 Å². The predicted octanol–water partition coefficient (Wildman–Crippen LogP) is 5.71. The second-order valence-electron chi connectivity index (χ2n) is 20.5. The maximum Gasteiger partial charge on any atom is 0.410 e. The van der Waals surface area contributed by atoms with Gasteiger partial charge in [-0.2, -0.15) is 0 Å². The predicted molar refractivity (Wildman–Crippen MR) is 296 cm³/mol. The van der Waals surface area contributed by atoms with Crippen molar-refractivity contribution in [3.8, 4) is 0 Å². The number of rotatable bonds is 28. The number of nitrogens with zero attached hydrogens (tertiary/aromatic N) is 5. The Labute approximate surface area is 460 Å². The van der Waals surface area contributed by atoms with Crippen molar-refractivity contribution in [2.24, 2.45) is 28.3 Å². The van der Waals surface area contributed by atoms with Crippen LogP contribution in [0.4, 0.5) is 21.0 Å². The number of aromatic nitrogens is 1. The van der Waals surface area contributed by atoms with Gasteiger partial charge in [0.05, 0.1) is 36.8 Å². The number of aliphatic hydroxyl groups excluding tert-OH is 1. The molecule has 8 N–H and O–H groups in total. The number of carbonyl (C=O) groups is 9. The van der Waals surface area contributed by atoms with E-state index in [-0.39, 0.29) is 105 Å². The molecule has 1 aromatic heterocycles. The molecular weight excluding hydrogens is 1010 g/mol. The lowest BCUT2D eigenvalue weighted by atomic mass is 9.88. The van der Waals surface area contributed by atoms with Crippen molar-refractivity contribution in [1.82, 2.24) is 30.3 Å². The monoisotopic (exact) mass is 1090 g/mol. The number of aliphatic hydroxyl groups is 1. The van der Waals surface area contributed by atoms with Crippen LogP contribution in [0.5, 0.6) is 0 Å². The van der Waals surface area contributed by atoms with Gasteiger partial charge >= 0.3 is 12.1 Å². The van der Waals surface area contributed by atoms with Crippen LogP contribution >= 0.6 is 0 Å². The maximum atomic E-state index is 13.8. The van der Waals surface area contributed by atoms with E-state index < -0.39 is 42.5 Å². The zero-order chi connectivity index (χ0) is 57.2. The summed E-state index contributed by atoms with van der Waals surface area (Å²) in [7, 11) is 0. The standard InChI is InChI=1S/C58H74N10O11/c1-5-21-66(22-6-2)56(76)40-26-39-27-42(34-69)46(31-49(39)64-51(59)29-40)55(75)63-43-28-41-33-67(24-19-47(41)62-32-43)58(78)79-35-38-15-13-37(14-16-38)25-50(71)48(12-10-20-61-57(60)77)65-54(74)45(36(3)4)30-44(70)11-8-7-9-23-68-52(72)17-18-53(68)73/h13-18,26-28,31-32,36,45,48,69H,5-12,19-25,29-30,33-35H2,1-4H3,(H2,59,64)(H,63,75)(H,65,74)(H3,60,61,77)/t45-,48-/m0/s1. The molecule has 3 aliphatic rings. The van der Waals surface area contributed by atoms with Gasteiger partial charge in [0.15, 0.2) is 5.78 Å². The van der Waals surface area contributed by atoms with Gasteiger partial charge in [0, 0.05) is 105 Å². The fourth-order valence-corrected chi connectivity index (χ4v) is 9.70. The summed E-state index contributed by atoms with van der Waals surface area (Å²) in [5, 5.41) is 18.6. The van der Waals surface area contributed by atoms with E-state index in [4.69, 9.17) is 16.2 Å². The Kier molecular flexibility index (Phi) is 22.1. The first-order valence-electron chi connectivity index (χ1n) is 27.2. The minimum Gasteiger partial charge on any atom is -0.445 e. The SMILES string of the molecule is CCCN(CCC)C(=O)C1=Cc2cc(CO)c(C(=O)Nc3cnc4c(c3)CN(C(=O)OCc3ccc(CC(=O)[C@H](CCCNC(N)=O)NC(=O)[C@@H](CC(=O)CCCCCN5C(=O)C=CC5=O)C(C)C)cc3)CC4)cc2N=C(N)C1. The van der Waals surface area contributed by atoms with E-state index in [1.807, 2.05) is 27.7 Å². The quantitative estimate of drug-likeness (QED) is 0.0376. The largest absolute Gasteiger partial charge is 0.445 e. The van der Waals surface area contributed by atoms with Gasteiger partial charge in [-0.15, -0.1) is 0 Å². The highest BCUT2D eigenvalue weighted by Crippen LogP contribution is 2.32. The lowest BCUT2D eigenvalue weighted by molar-refractivity contribution is -0.137. The molecular formula is C58H74N10O11. The number of pyridine rings is 1. The van der Waals surface area contributed by atoms with Gasteiger partial charge < -0.3 is 47.1 Å². The molecule has 21 nitrogen and oxygen atoms in total. The summed E-state index contributed by atoms with van der Waals surface area (Å²) in [4.78, 5) is 130. The smallest absolute Gasteiger partial charge is 0.410 e. The van der Waals surface area contributed by atoms with E-state index in [1.165, 1.54) is 23.2 Å².